The van der Waals surface area contributed by atoms with Crippen molar-refractivity contribution in [3.05, 3.63) is 23.5 Å². The highest BCUT2D eigenvalue weighted by molar-refractivity contribution is 7.11. The zero-order valence-electron chi connectivity index (χ0n) is 11.8. The van der Waals surface area contributed by atoms with E-state index in [1.807, 2.05) is 19.4 Å². The predicted molar refractivity (Wildman–Crippen MR) is 82.4 cm³/mol. The lowest BCUT2D eigenvalue weighted by Gasteiger charge is -2.07. The van der Waals surface area contributed by atoms with Crippen molar-refractivity contribution in [2.75, 3.05) is 17.6 Å². The second-order valence-electron chi connectivity index (χ2n) is 5.22. The number of amides is 1. The molecule has 8 heteroatoms. The highest BCUT2D eigenvalue weighted by Gasteiger charge is 2.27. The molecule has 0 radical (unpaired) electrons. The van der Waals surface area contributed by atoms with Gasteiger partial charge in [-0.05, 0) is 36.4 Å². The van der Waals surface area contributed by atoms with Gasteiger partial charge in [-0.25, -0.2) is 0 Å². The fourth-order valence-corrected chi connectivity index (χ4v) is 2.79. The van der Waals surface area contributed by atoms with Crippen LogP contribution in [0, 0.1) is 0 Å². The quantitative estimate of drug-likeness (QED) is 0.740. The first-order valence-corrected chi connectivity index (χ1v) is 7.68. The summed E-state index contributed by atoms with van der Waals surface area (Å²) in [7, 11) is 1.89. The van der Waals surface area contributed by atoms with E-state index in [4.69, 9.17) is 5.73 Å². The molecule has 0 saturated heterocycles. The van der Waals surface area contributed by atoms with Crippen LogP contribution in [0.3, 0.4) is 0 Å². The number of nitrogens with two attached hydrogens (primary N) is 1. The highest BCUT2D eigenvalue weighted by Crippen LogP contribution is 2.28. The number of nitrogen functional groups attached to an aromatic ring is 1. The summed E-state index contributed by atoms with van der Waals surface area (Å²) in [6, 6.07) is 0.306. The summed E-state index contributed by atoms with van der Waals surface area (Å²) < 4.78 is 5.85. The Bertz CT molecular complexity index is 645. The van der Waals surface area contributed by atoms with Crippen LogP contribution in [0.1, 0.15) is 28.8 Å². The topological polar surface area (TPSA) is 97.9 Å². The maximum atomic E-state index is 12.2. The molecule has 21 heavy (non-hydrogen) atoms. The maximum absolute atomic E-state index is 12.2. The molecule has 1 fully saturated rings. The maximum Gasteiger partial charge on any atom is 0.258 e. The Kier molecular flexibility index (Phi) is 3.78. The average Bonchev–Trinajstić information content (AvgIpc) is 3.03. The van der Waals surface area contributed by atoms with Gasteiger partial charge in [0.05, 0.1) is 6.20 Å². The third-order valence-electron chi connectivity index (χ3n) is 3.32. The van der Waals surface area contributed by atoms with Crippen LogP contribution in [0.2, 0.25) is 0 Å². The Hall–Kier alpha value is -2.09. The van der Waals surface area contributed by atoms with E-state index >= 15 is 0 Å². The number of nitrogens with one attached hydrogen (secondary N) is 2. The van der Waals surface area contributed by atoms with Gasteiger partial charge in [-0.3, -0.25) is 9.48 Å². The number of aryl methyl sites for hydroxylation is 1. The normalized spacial score (nSPS) is 14.1. The summed E-state index contributed by atoms with van der Waals surface area (Å²) in [5.74, 6) is 0.162. The molecule has 2 aromatic rings. The smallest absolute Gasteiger partial charge is 0.258 e. The Morgan fingerprint density at radius 2 is 2.38 bits per heavy atom. The molecule has 4 N–H and O–H groups in total. The SMILES string of the molecule is Cn1cc(CCNc2snc(N)c2C(=O)NC2CC2)cn1. The molecule has 0 atom stereocenters. The second kappa shape index (κ2) is 5.72. The Morgan fingerprint density at radius 1 is 1.57 bits per heavy atom. The number of carbonyl (C=O) groups excluding carboxylic acids is 1. The molecule has 0 aliphatic heterocycles. The fourth-order valence-electron chi connectivity index (χ4n) is 2.05. The molecule has 1 aliphatic rings. The average molecular weight is 306 g/mol. The number of carbonyl (C=O) groups is 1. The Labute approximate surface area is 126 Å². The zero-order valence-corrected chi connectivity index (χ0v) is 12.6. The highest BCUT2D eigenvalue weighted by atomic mass is 32.1. The molecule has 0 unspecified atom stereocenters. The first-order chi connectivity index (χ1) is 10.1. The third-order valence-corrected chi connectivity index (χ3v) is 4.13. The molecule has 112 valence electrons. The van der Waals surface area contributed by atoms with Crippen LogP contribution in [0.4, 0.5) is 10.8 Å². The minimum absolute atomic E-state index is 0.132. The van der Waals surface area contributed by atoms with E-state index in [1.54, 1.807) is 4.68 Å². The number of nitrogens with zero attached hydrogens (tertiary/aromatic N) is 3. The number of hydrogen-bond acceptors (Lipinski definition) is 6. The molecule has 0 aromatic carbocycles. The molecule has 0 spiro atoms. The van der Waals surface area contributed by atoms with E-state index in [0.717, 1.165) is 29.8 Å². The Morgan fingerprint density at radius 3 is 3.05 bits per heavy atom. The molecular weight excluding hydrogens is 288 g/mol. The lowest BCUT2D eigenvalue weighted by atomic mass is 10.2. The van der Waals surface area contributed by atoms with Crippen LogP contribution in [0.15, 0.2) is 12.4 Å². The van der Waals surface area contributed by atoms with Crippen molar-refractivity contribution in [2.24, 2.45) is 7.05 Å². The van der Waals surface area contributed by atoms with Crippen molar-refractivity contribution < 1.29 is 4.79 Å². The standard InChI is InChI=1S/C13H18N6OS/c1-19-7-8(6-16-19)4-5-15-13-10(11(14)18-21-13)12(20)17-9-2-3-9/h6-7,9,15H,2-5H2,1H3,(H2,14,18)(H,17,20). The van der Waals surface area contributed by atoms with Gasteiger partial charge in [-0.1, -0.05) is 0 Å². The van der Waals surface area contributed by atoms with E-state index in [1.165, 1.54) is 11.5 Å². The van der Waals surface area contributed by atoms with Gasteiger partial charge in [0.1, 0.15) is 10.6 Å². The fraction of sp³-hybridized carbons (Fsp3) is 0.462. The monoisotopic (exact) mass is 306 g/mol. The van der Waals surface area contributed by atoms with Crippen molar-refractivity contribution in [3.63, 3.8) is 0 Å². The summed E-state index contributed by atoms with van der Waals surface area (Å²) in [5.41, 5.74) is 7.43. The minimum atomic E-state index is -0.132. The van der Waals surface area contributed by atoms with Gasteiger partial charge < -0.3 is 16.4 Å². The van der Waals surface area contributed by atoms with Crippen molar-refractivity contribution in [1.82, 2.24) is 19.5 Å². The van der Waals surface area contributed by atoms with Crippen LogP contribution < -0.4 is 16.4 Å². The number of hydrogen-bond donors (Lipinski definition) is 3. The molecule has 2 heterocycles. The van der Waals surface area contributed by atoms with Crippen molar-refractivity contribution in [1.29, 1.82) is 0 Å². The van der Waals surface area contributed by atoms with Crippen molar-refractivity contribution >= 4 is 28.3 Å². The van der Waals surface area contributed by atoms with Crippen LogP contribution in [-0.2, 0) is 13.5 Å². The third kappa shape index (κ3) is 3.33. The molecular formula is C13H18N6OS. The van der Waals surface area contributed by atoms with E-state index in [-0.39, 0.29) is 5.91 Å². The summed E-state index contributed by atoms with van der Waals surface area (Å²) in [6.07, 6.45) is 6.74. The van der Waals surface area contributed by atoms with E-state index in [2.05, 4.69) is 20.1 Å². The van der Waals surface area contributed by atoms with Gasteiger partial charge in [-0.2, -0.15) is 9.47 Å². The zero-order chi connectivity index (χ0) is 14.8. The van der Waals surface area contributed by atoms with Crippen molar-refractivity contribution in [3.8, 4) is 0 Å². The van der Waals surface area contributed by atoms with E-state index < -0.39 is 0 Å². The van der Waals surface area contributed by atoms with Gasteiger partial charge in [0.15, 0.2) is 5.82 Å². The lowest BCUT2D eigenvalue weighted by Crippen LogP contribution is -2.26. The molecule has 0 bridgehead atoms. The van der Waals surface area contributed by atoms with Crippen LogP contribution >= 0.6 is 11.5 Å². The first-order valence-electron chi connectivity index (χ1n) is 6.91. The van der Waals surface area contributed by atoms with Gasteiger partial charge in [0.25, 0.3) is 5.91 Å². The molecule has 3 rings (SSSR count). The molecule has 1 saturated carbocycles. The largest absolute Gasteiger partial charge is 0.382 e. The first kappa shape index (κ1) is 13.9. The Balaban J connectivity index is 1.60. The minimum Gasteiger partial charge on any atom is -0.382 e. The summed E-state index contributed by atoms with van der Waals surface area (Å²) in [6.45, 7) is 0.705. The van der Waals surface area contributed by atoms with E-state index in [0.29, 0.717) is 24.0 Å². The van der Waals surface area contributed by atoms with Gasteiger partial charge in [0, 0.05) is 25.8 Å². The molecule has 7 nitrogen and oxygen atoms in total. The van der Waals surface area contributed by atoms with E-state index in [9.17, 15) is 4.79 Å². The van der Waals surface area contributed by atoms with Crippen LogP contribution in [0.25, 0.3) is 0 Å². The van der Waals surface area contributed by atoms with Gasteiger partial charge in [-0.15, -0.1) is 0 Å². The predicted octanol–water partition coefficient (Wildman–Crippen LogP) is 1.01. The number of aromatic nitrogens is 3. The summed E-state index contributed by atoms with van der Waals surface area (Å²) in [5, 5.41) is 11.0. The van der Waals surface area contributed by atoms with Gasteiger partial charge >= 0.3 is 0 Å². The molecule has 1 amide bonds. The summed E-state index contributed by atoms with van der Waals surface area (Å²) in [4.78, 5) is 12.2. The molecule has 2 aromatic heterocycles. The van der Waals surface area contributed by atoms with Crippen LogP contribution in [-0.4, -0.2) is 32.6 Å². The number of rotatable bonds is 6. The van der Waals surface area contributed by atoms with Crippen molar-refractivity contribution in [2.45, 2.75) is 25.3 Å². The number of anilines is 2. The second-order valence-corrected chi connectivity index (χ2v) is 5.99. The van der Waals surface area contributed by atoms with Crippen LogP contribution in [0.5, 0.6) is 0 Å². The van der Waals surface area contributed by atoms with Gasteiger partial charge in [0.2, 0.25) is 0 Å². The lowest BCUT2D eigenvalue weighted by molar-refractivity contribution is 0.0953. The molecule has 1 aliphatic carbocycles. The summed E-state index contributed by atoms with van der Waals surface area (Å²) >= 11 is 1.22.